The third-order valence-corrected chi connectivity index (χ3v) is 2.69. The number of halogens is 1. The van der Waals surface area contributed by atoms with E-state index in [9.17, 15) is 0 Å². The van der Waals surface area contributed by atoms with Crippen molar-refractivity contribution >= 4 is 15.9 Å². The van der Waals surface area contributed by atoms with Gasteiger partial charge in [0.1, 0.15) is 12.4 Å². The van der Waals surface area contributed by atoms with Crippen molar-refractivity contribution in [3.63, 3.8) is 0 Å². The van der Waals surface area contributed by atoms with E-state index in [0.717, 1.165) is 15.8 Å². The zero-order valence-electron chi connectivity index (χ0n) is 7.73. The van der Waals surface area contributed by atoms with E-state index in [-0.39, 0.29) is 0 Å². The monoisotopic (exact) mass is 238 g/mol. The molecule has 1 rings (SSSR count). The Hall–Kier alpha value is -0.940. The van der Waals surface area contributed by atoms with E-state index in [2.05, 4.69) is 27.9 Å². The molecule has 0 saturated carbocycles. The number of benzene rings is 1. The zero-order chi connectivity index (χ0) is 9.84. The van der Waals surface area contributed by atoms with Crippen molar-refractivity contribution in [3.8, 4) is 18.1 Å². The molecule has 0 aliphatic heterocycles. The highest BCUT2D eigenvalue weighted by Gasteiger charge is 2.04. The summed E-state index contributed by atoms with van der Waals surface area (Å²) in [5.74, 6) is 3.25. The molecule has 68 valence electrons. The summed E-state index contributed by atoms with van der Waals surface area (Å²) in [6, 6.07) is 4.06. The fourth-order valence-corrected chi connectivity index (χ4v) is 1.48. The molecule has 0 spiro atoms. The molecular weight excluding hydrogens is 228 g/mol. The summed E-state index contributed by atoms with van der Waals surface area (Å²) >= 11 is 3.45. The van der Waals surface area contributed by atoms with Crippen LogP contribution in [0.15, 0.2) is 16.6 Å². The van der Waals surface area contributed by atoms with E-state index in [0.29, 0.717) is 6.61 Å². The highest BCUT2D eigenvalue weighted by atomic mass is 79.9. The minimum absolute atomic E-state index is 0.307. The van der Waals surface area contributed by atoms with Gasteiger partial charge in [-0.2, -0.15) is 0 Å². The Morgan fingerprint density at radius 2 is 2.15 bits per heavy atom. The van der Waals surface area contributed by atoms with Gasteiger partial charge in [0.25, 0.3) is 0 Å². The lowest BCUT2D eigenvalue weighted by Crippen LogP contribution is -1.95. The normalized spacial score (nSPS) is 9.38. The molecule has 0 fully saturated rings. The second-order valence-electron chi connectivity index (χ2n) is 2.89. The van der Waals surface area contributed by atoms with E-state index in [1.54, 1.807) is 0 Å². The Morgan fingerprint density at radius 1 is 1.46 bits per heavy atom. The predicted molar refractivity (Wildman–Crippen MR) is 57.9 cm³/mol. The average Bonchev–Trinajstić information content (AvgIpc) is 2.09. The number of terminal acetylenes is 1. The minimum Gasteiger partial charge on any atom is -0.480 e. The third kappa shape index (κ3) is 2.50. The van der Waals surface area contributed by atoms with Crippen LogP contribution in [-0.2, 0) is 0 Å². The number of aryl methyl sites for hydroxylation is 2. The Morgan fingerprint density at radius 3 is 2.77 bits per heavy atom. The summed E-state index contributed by atoms with van der Waals surface area (Å²) in [5.41, 5.74) is 2.33. The highest BCUT2D eigenvalue weighted by Crippen LogP contribution is 2.29. The lowest BCUT2D eigenvalue weighted by Gasteiger charge is -2.08. The minimum atomic E-state index is 0.307. The average molecular weight is 239 g/mol. The number of hydrogen-bond donors (Lipinski definition) is 0. The molecule has 0 amide bonds. The van der Waals surface area contributed by atoms with Crippen LogP contribution in [0.2, 0.25) is 0 Å². The molecule has 0 aromatic heterocycles. The maximum atomic E-state index is 5.36. The Balaban J connectivity index is 3.00. The van der Waals surface area contributed by atoms with Gasteiger partial charge in [-0.15, -0.1) is 6.42 Å². The van der Waals surface area contributed by atoms with Crippen molar-refractivity contribution < 1.29 is 4.74 Å². The first kappa shape index (κ1) is 10.1. The van der Waals surface area contributed by atoms with Gasteiger partial charge in [-0.25, -0.2) is 0 Å². The van der Waals surface area contributed by atoms with Gasteiger partial charge in [-0.05, 0) is 47.0 Å². The summed E-state index contributed by atoms with van der Waals surface area (Å²) in [5, 5.41) is 0. The van der Waals surface area contributed by atoms with Crippen molar-refractivity contribution in [1.82, 2.24) is 0 Å². The fraction of sp³-hybridized carbons (Fsp3) is 0.273. The third-order valence-electron chi connectivity index (χ3n) is 1.68. The highest BCUT2D eigenvalue weighted by molar-refractivity contribution is 9.10. The standard InChI is InChI=1S/C11H11BrO/c1-4-5-13-10-7-8(2)6-9(3)11(10)12/h1,6-7H,5H2,2-3H3. The lowest BCUT2D eigenvalue weighted by molar-refractivity contribution is 0.367. The molecule has 0 bridgehead atoms. The van der Waals surface area contributed by atoms with E-state index in [1.165, 1.54) is 5.56 Å². The van der Waals surface area contributed by atoms with Gasteiger partial charge in [0.15, 0.2) is 0 Å². The Bertz CT molecular complexity index is 350. The van der Waals surface area contributed by atoms with Crippen molar-refractivity contribution in [2.75, 3.05) is 6.61 Å². The Kier molecular flexibility index (Phi) is 3.39. The van der Waals surface area contributed by atoms with Crippen LogP contribution in [0.3, 0.4) is 0 Å². The summed E-state index contributed by atoms with van der Waals surface area (Å²) in [6.45, 7) is 4.36. The number of ether oxygens (including phenoxy) is 1. The second-order valence-corrected chi connectivity index (χ2v) is 3.68. The molecule has 0 aliphatic rings. The molecule has 1 aromatic rings. The van der Waals surface area contributed by atoms with E-state index in [1.807, 2.05) is 19.9 Å². The molecular formula is C11H11BrO. The van der Waals surface area contributed by atoms with Crippen molar-refractivity contribution in [3.05, 3.63) is 27.7 Å². The molecule has 2 heteroatoms. The van der Waals surface area contributed by atoms with Gasteiger partial charge < -0.3 is 4.74 Å². The van der Waals surface area contributed by atoms with Gasteiger partial charge >= 0.3 is 0 Å². The lowest BCUT2D eigenvalue weighted by atomic mass is 10.1. The van der Waals surface area contributed by atoms with Crippen molar-refractivity contribution in [2.45, 2.75) is 13.8 Å². The van der Waals surface area contributed by atoms with Gasteiger partial charge in [-0.1, -0.05) is 12.0 Å². The summed E-state index contributed by atoms with van der Waals surface area (Å²) < 4.78 is 6.34. The van der Waals surface area contributed by atoms with Crippen LogP contribution in [0.25, 0.3) is 0 Å². The second kappa shape index (κ2) is 4.34. The molecule has 0 N–H and O–H groups in total. The first-order valence-electron chi connectivity index (χ1n) is 3.98. The molecule has 1 aromatic carbocycles. The van der Waals surface area contributed by atoms with Crippen LogP contribution in [0.4, 0.5) is 0 Å². The summed E-state index contributed by atoms with van der Waals surface area (Å²) in [7, 11) is 0. The van der Waals surface area contributed by atoms with Crippen LogP contribution in [0, 0.1) is 26.2 Å². The van der Waals surface area contributed by atoms with Gasteiger partial charge in [0, 0.05) is 0 Å². The van der Waals surface area contributed by atoms with Crippen LogP contribution in [0.5, 0.6) is 5.75 Å². The van der Waals surface area contributed by atoms with Crippen LogP contribution in [-0.4, -0.2) is 6.61 Å². The first-order chi connectivity index (χ1) is 6.15. The molecule has 1 nitrogen and oxygen atoms in total. The van der Waals surface area contributed by atoms with Crippen LogP contribution < -0.4 is 4.74 Å². The predicted octanol–water partition coefficient (Wildman–Crippen LogP) is 3.08. The SMILES string of the molecule is C#CCOc1cc(C)cc(C)c1Br. The molecule has 0 atom stereocenters. The zero-order valence-corrected chi connectivity index (χ0v) is 9.31. The molecule has 0 saturated heterocycles. The summed E-state index contributed by atoms with van der Waals surface area (Å²) in [6.07, 6.45) is 5.11. The van der Waals surface area contributed by atoms with E-state index in [4.69, 9.17) is 11.2 Å². The van der Waals surface area contributed by atoms with Crippen LogP contribution in [0.1, 0.15) is 11.1 Å². The fourth-order valence-electron chi connectivity index (χ4n) is 1.14. The quantitative estimate of drug-likeness (QED) is 0.720. The number of hydrogen-bond acceptors (Lipinski definition) is 1. The first-order valence-corrected chi connectivity index (χ1v) is 4.77. The smallest absolute Gasteiger partial charge is 0.148 e. The molecule has 0 heterocycles. The van der Waals surface area contributed by atoms with Crippen LogP contribution >= 0.6 is 15.9 Å². The molecule has 0 aliphatic carbocycles. The van der Waals surface area contributed by atoms with Gasteiger partial charge in [-0.3, -0.25) is 0 Å². The Labute approximate surface area is 87.2 Å². The van der Waals surface area contributed by atoms with E-state index < -0.39 is 0 Å². The maximum absolute atomic E-state index is 5.36. The molecule has 0 unspecified atom stereocenters. The van der Waals surface area contributed by atoms with Gasteiger partial charge in [0.05, 0.1) is 4.47 Å². The number of rotatable bonds is 2. The topological polar surface area (TPSA) is 9.23 Å². The van der Waals surface area contributed by atoms with Gasteiger partial charge in [0.2, 0.25) is 0 Å². The molecule has 0 radical (unpaired) electrons. The summed E-state index contributed by atoms with van der Waals surface area (Å²) in [4.78, 5) is 0. The maximum Gasteiger partial charge on any atom is 0.148 e. The largest absolute Gasteiger partial charge is 0.480 e. The van der Waals surface area contributed by atoms with Crippen molar-refractivity contribution in [2.24, 2.45) is 0 Å². The van der Waals surface area contributed by atoms with Crippen molar-refractivity contribution in [1.29, 1.82) is 0 Å². The molecule has 13 heavy (non-hydrogen) atoms. The van der Waals surface area contributed by atoms with E-state index >= 15 is 0 Å².